The van der Waals surface area contributed by atoms with Crippen molar-refractivity contribution in [3.8, 4) is 11.3 Å². The van der Waals surface area contributed by atoms with Crippen LogP contribution in [0.25, 0.3) is 11.3 Å². The minimum absolute atomic E-state index is 0.118. The van der Waals surface area contributed by atoms with Crippen molar-refractivity contribution < 1.29 is 4.79 Å². The summed E-state index contributed by atoms with van der Waals surface area (Å²) in [6.07, 6.45) is 3.26. The average molecular weight is 312 g/mol. The van der Waals surface area contributed by atoms with Crippen molar-refractivity contribution in [2.24, 2.45) is 7.05 Å². The number of amides is 1. The molecule has 0 spiro atoms. The zero-order valence-corrected chi connectivity index (χ0v) is 13.2. The lowest BCUT2D eigenvalue weighted by atomic mass is 10.1. The van der Waals surface area contributed by atoms with Crippen LogP contribution in [0.4, 0.5) is 0 Å². The van der Waals surface area contributed by atoms with E-state index in [4.69, 9.17) is 0 Å². The van der Waals surface area contributed by atoms with Crippen LogP contribution >= 0.6 is 11.3 Å². The third-order valence-corrected chi connectivity index (χ3v) is 4.06. The van der Waals surface area contributed by atoms with Crippen LogP contribution in [0, 0.1) is 6.92 Å². The number of thiazole rings is 1. The first-order valence-corrected chi connectivity index (χ1v) is 7.78. The maximum absolute atomic E-state index is 11.9. The minimum atomic E-state index is -0.118. The molecule has 2 heterocycles. The van der Waals surface area contributed by atoms with Crippen molar-refractivity contribution in [2.75, 3.05) is 0 Å². The van der Waals surface area contributed by atoms with Crippen LogP contribution in [0.15, 0.2) is 42.0 Å². The quantitative estimate of drug-likeness (QED) is 0.806. The summed E-state index contributed by atoms with van der Waals surface area (Å²) in [7, 11) is 1.79. The van der Waals surface area contributed by atoms with E-state index in [1.165, 1.54) is 0 Å². The summed E-state index contributed by atoms with van der Waals surface area (Å²) < 4.78 is 1.61. The highest BCUT2D eigenvalue weighted by atomic mass is 32.1. The van der Waals surface area contributed by atoms with Crippen molar-refractivity contribution in [1.82, 2.24) is 20.1 Å². The Balaban J connectivity index is 1.63. The zero-order chi connectivity index (χ0) is 15.5. The van der Waals surface area contributed by atoms with Gasteiger partial charge in [-0.3, -0.25) is 9.48 Å². The fourth-order valence-corrected chi connectivity index (χ4v) is 2.73. The number of hydrogen-bond donors (Lipinski definition) is 1. The Morgan fingerprint density at radius 1 is 1.32 bits per heavy atom. The molecule has 6 heteroatoms. The molecule has 0 saturated carbocycles. The van der Waals surface area contributed by atoms with Crippen LogP contribution in [0.5, 0.6) is 0 Å². The van der Waals surface area contributed by atoms with Gasteiger partial charge in [0, 0.05) is 30.7 Å². The largest absolute Gasteiger partial charge is 0.348 e. The zero-order valence-electron chi connectivity index (χ0n) is 12.4. The lowest BCUT2D eigenvalue weighted by Crippen LogP contribution is -2.22. The number of carbonyl (C=O) groups is 1. The minimum Gasteiger partial charge on any atom is -0.348 e. The average Bonchev–Trinajstić information content (AvgIpc) is 3.14. The van der Waals surface area contributed by atoms with Gasteiger partial charge in [-0.05, 0) is 12.5 Å². The molecule has 0 aliphatic heterocycles. The van der Waals surface area contributed by atoms with Crippen LogP contribution in [0.3, 0.4) is 0 Å². The monoisotopic (exact) mass is 312 g/mol. The normalized spacial score (nSPS) is 10.6. The first kappa shape index (κ1) is 14.5. The molecule has 0 fully saturated rings. The topological polar surface area (TPSA) is 59.8 Å². The van der Waals surface area contributed by atoms with E-state index in [2.05, 4.69) is 20.8 Å². The maximum Gasteiger partial charge on any atom is 0.254 e. The van der Waals surface area contributed by atoms with Crippen LogP contribution in [-0.2, 0) is 13.6 Å². The standard InChI is InChI=1S/C16H16N4OS/c1-11-19-15(10-22-11)13-5-3-12(4-6-13)7-17-16(21)14-8-18-20(2)9-14/h3-6,8-10H,7H2,1-2H3,(H,17,21). The summed E-state index contributed by atoms with van der Waals surface area (Å²) in [5, 5.41) is 9.98. The fourth-order valence-electron chi connectivity index (χ4n) is 2.11. The van der Waals surface area contributed by atoms with Crippen LogP contribution < -0.4 is 5.32 Å². The second-order valence-electron chi connectivity index (χ2n) is 5.03. The smallest absolute Gasteiger partial charge is 0.254 e. The number of aryl methyl sites for hydroxylation is 2. The highest BCUT2D eigenvalue weighted by molar-refractivity contribution is 7.09. The number of aromatic nitrogens is 3. The summed E-state index contributed by atoms with van der Waals surface area (Å²) in [5.41, 5.74) is 3.70. The van der Waals surface area contributed by atoms with E-state index in [0.29, 0.717) is 12.1 Å². The predicted molar refractivity (Wildman–Crippen MR) is 86.7 cm³/mol. The van der Waals surface area contributed by atoms with Gasteiger partial charge in [0.05, 0.1) is 22.5 Å². The number of benzene rings is 1. The predicted octanol–water partition coefficient (Wildman–Crippen LogP) is 2.78. The Bertz CT molecular complexity index is 789. The Kier molecular flexibility index (Phi) is 4.02. The highest BCUT2D eigenvalue weighted by Crippen LogP contribution is 2.21. The number of nitrogens with one attached hydrogen (secondary N) is 1. The molecule has 0 unspecified atom stereocenters. The molecule has 2 aromatic heterocycles. The van der Waals surface area contributed by atoms with Gasteiger partial charge in [-0.25, -0.2) is 4.98 Å². The maximum atomic E-state index is 11.9. The van der Waals surface area contributed by atoms with Gasteiger partial charge in [-0.15, -0.1) is 11.3 Å². The van der Waals surface area contributed by atoms with E-state index in [9.17, 15) is 4.79 Å². The van der Waals surface area contributed by atoms with E-state index in [1.807, 2.05) is 31.2 Å². The van der Waals surface area contributed by atoms with Gasteiger partial charge in [-0.1, -0.05) is 24.3 Å². The first-order chi connectivity index (χ1) is 10.6. The first-order valence-electron chi connectivity index (χ1n) is 6.90. The molecule has 3 aromatic rings. The molecule has 3 rings (SSSR count). The van der Waals surface area contributed by atoms with Gasteiger partial charge >= 0.3 is 0 Å². The third kappa shape index (κ3) is 3.23. The Hall–Kier alpha value is -2.47. The molecule has 5 nitrogen and oxygen atoms in total. The lowest BCUT2D eigenvalue weighted by Gasteiger charge is -2.05. The van der Waals surface area contributed by atoms with Gasteiger partial charge in [0.15, 0.2) is 0 Å². The molecule has 0 aliphatic carbocycles. The highest BCUT2D eigenvalue weighted by Gasteiger charge is 2.07. The number of hydrogen-bond acceptors (Lipinski definition) is 4. The molecule has 112 valence electrons. The van der Waals surface area contributed by atoms with Gasteiger partial charge in [-0.2, -0.15) is 5.10 Å². The summed E-state index contributed by atoms with van der Waals surface area (Å²) in [5.74, 6) is -0.118. The third-order valence-electron chi connectivity index (χ3n) is 3.29. The van der Waals surface area contributed by atoms with Crippen molar-refractivity contribution >= 4 is 17.2 Å². The molecule has 0 saturated heterocycles. The van der Waals surface area contributed by atoms with Crippen molar-refractivity contribution in [3.63, 3.8) is 0 Å². The molecule has 1 N–H and O–H groups in total. The van der Waals surface area contributed by atoms with E-state index in [1.54, 1.807) is 35.5 Å². The molecular formula is C16H16N4OS. The summed E-state index contributed by atoms with van der Waals surface area (Å²) in [4.78, 5) is 16.4. The van der Waals surface area contributed by atoms with E-state index < -0.39 is 0 Å². The number of rotatable bonds is 4. The Morgan fingerprint density at radius 3 is 2.68 bits per heavy atom. The second kappa shape index (κ2) is 6.11. The Morgan fingerprint density at radius 2 is 2.09 bits per heavy atom. The van der Waals surface area contributed by atoms with Gasteiger partial charge in [0.25, 0.3) is 5.91 Å². The molecule has 0 aliphatic rings. The van der Waals surface area contributed by atoms with E-state index in [-0.39, 0.29) is 5.91 Å². The summed E-state index contributed by atoms with van der Waals surface area (Å²) in [6.45, 7) is 2.49. The molecule has 0 bridgehead atoms. The van der Waals surface area contributed by atoms with Gasteiger partial charge in [0.1, 0.15) is 0 Å². The van der Waals surface area contributed by atoms with Gasteiger partial charge in [0.2, 0.25) is 0 Å². The summed E-state index contributed by atoms with van der Waals surface area (Å²) in [6, 6.07) is 8.07. The molecule has 22 heavy (non-hydrogen) atoms. The fraction of sp³-hybridized carbons (Fsp3) is 0.188. The van der Waals surface area contributed by atoms with Crippen LogP contribution in [-0.4, -0.2) is 20.7 Å². The van der Waals surface area contributed by atoms with Crippen LogP contribution in [0.1, 0.15) is 20.9 Å². The summed E-state index contributed by atoms with van der Waals surface area (Å²) >= 11 is 1.64. The van der Waals surface area contributed by atoms with Crippen molar-refractivity contribution in [2.45, 2.75) is 13.5 Å². The SMILES string of the molecule is Cc1nc(-c2ccc(CNC(=O)c3cnn(C)c3)cc2)cs1. The lowest BCUT2D eigenvalue weighted by molar-refractivity contribution is 0.0951. The molecule has 0 atom stereocenters. The molecular weight excluding hydrogens is 296 g/mol. The second-order valence-corrected chi connectivity index (χ2v) is 6.10. The number of carbonyl (C=O) groups excluding carboxylic acids is 1. The van der Waals surface area contributed by atoms with E-state index >= 15 is 0 Å². The van der Waals surface area contributed by atoms with Crippen molar-refractivity contribution in [3.05, 3.63) is 58.2 Å². The van der Waals surface area contributed by atoms with Crippen LogP contribution in [0.2, 0.25) is 0 Å². The molecule has 0 radical (unpaired) electrons. The Labute approximate surface area is 132 Å². The van der Waals surface area contributed by atoms with Crippen molar-refractivity contribution in [1.29, 1.82) is 0 Å². The van der Waals surface area contributed by atoms with Gasteiger partial charge < -0.3 is 5.32 Å². The number of nitrogens with zero attached hydrogens (tertiary/aromatic N) is 3. The molecule has 1 amide bonds. The molecule has 1 aromatic carbocycles. The van der Waals surface area contributed by atoms with E-state index in [0.717, 1.165) is 21.8 Å².